The van der Waals surface area contributed by atoms with E-state index in [2.05, 4.69) is 39.4 Å². The lowest BCUT2D eigenvalue weighted by Crippen LogP contribution is -2.11. The zero-order chi connectivity index (χ0) is 13.9. The molecule has 0 fully saturated rings. The Labute approximate surface area is 116 Å². The van der Waals surface area contributed by atoms with Gasteiger partial charge in [-0.05, 0) is 19.1 Å². The van der Waals surface area contributed by atoms with E-state index in [-0.39, 0.29) is 0 Å². The number of anilines is 2. The van der Waals surface area contributed by atoms with Crippen LogP contribution in [0.3, 0.4) is 0 Å². The van der Waals surface area contributed by atoms with Gasteiger partial charge >= 0.3 is 0 Å². The molecule has 0 aliphatic heterocycles. The Bertz CT molecular complexity index is 716. The number of benzene rings is 1. The van der Waals surface area contributed by atoms with Crippen LogP contribution in [0.2, 0.25) is 0 Å². The largest absolute Gasteiger partial charge is 0.340 e. The predicted octanol–water partition coefficient (Wildman–Crippen LogP) is 1.84. The van der Waals surface area contributed by atoms with E-state index < -0.39 is 0 Å². The molecule has 2 heterocycles. The summed E-state index contributed by atoms with van der Waals surface area (Å²) < 4.78 is 1.79. The molecule has 0 saturated carbocycles. The molecule has 0 atom stereocenters. The second-order valence-electron chi connectivity index (χ2n) is 4.61. The van der Waals surface area contributed by atoms with Crippen LogP contribution in [0, 0.1) is 6.92 Å². The number of nitrogens with one attached hydrogen (secondary N) is 1. The van der Waals surface area contributed by atoms with Gasteiger partial charge < -0.3 is 11.1 Å². The van der Waals surface area contributed by atoms with Crippen molar-refractivity contribution in [3.8, 4) is 0 Å². The van der Waals surface area contributed by atoms with Crippen LogP contribution in [0.1, 0.15) is 5.56 Å². The molecule has 0 unspecified atom stereocenters. The molecule has 2 aromatic heterocycles. The molecule has 6 nitrogen and oxygen atoms in total. The molecular formula is C14H16N6. The summed E-state index contributed by atoms with van der Waals surface area (Å²) in [5.74, 6) is 0.752. The van der Waals surface area contributed by atoms with Crippen LogP contribution >= 0.6 is 0 Å². The molecule has 20 heavy (non-hydrogen) atoms. The van der Waals surface area contributed by atoms with Crippen molar-refractivity contribution in [2.45, 2.75) is 13.5 Å². The molecule has 0 amide bonds. The molecule has 6 heteroatoms. The summed E-state index contributed by atoms with van der Waals surface area (Å²) in [7, 11) is 0. The van der Waals surface area contributed by atoms with Crippen LogP contribution in [0.4, 0.5) is 11.5 Å². The number of nitrogens with two attached hydrogens (primary N) is 1. The van der Waals surface area contributed by atoms with Gasteiger partial charge in [-0.1, -0.05) is 17.7 Å². The van der Waals surface area contributed by atoms with Crippen LogP contribution in [-0.4, -0.2) is 26.3 Å². The van der Waals surface area contributed by atoms with Crippen molar-refractivity contribution < 1.29 is 0 Å². The first-order valence-electron chi connectivity index (χ1n) is 6.48. The second-order valence-corrected chi connectivity index (χ2v) is 4.61. The van der Waals surface area contributed by atoms with E-state index in [4.69, 9.17) is 5.73 Å². The van der Waals surface area contributed by atoms with Crippen molar-refractivity contribution in [3.05, 3.63) is 42.4 Å². The first-order chi connectivity index (χ1) is 9.78. The molecule has 0 aliphatic rings. The highest BCUT2D eigenvalue weighted by Crippen LogP contribution is 2.22. The number of aryl methyl sites for hydroxylation is 1. The molecule has 3 aromatic rings. The van der Waals surface area contributed by atoms with Crippen molar-refractivity contribution in [1.29, 1.82) is 0 Å². The topological polar surface area (TPSA) is 81.7 Å². The van der Waals surface area contributed by atoms with Gasteiger partial charge in [0.2, 0.25) is 0 Å². The number of rotatable bonds is 4. The van der Waals surface area contributed by atoms with Crippen molar-refractivity contribution in [2.24, 2.45) is 5.73 Å². The van der Waals surface area contributed by atoms with E-state index in [0.717, 1.165) is 22.5 Å². The number of nitrogens with zero attached hydrogens (tertiary/aromatic N) is 4. The molecule has 3 N–H and O–H groups in total. The minimum absolute atomic E-state index is 0.529. The lowest BCUT2D eigenvalue weighted by atomic mass is 10.2. The monoisotopic (exact) mass is 268 g/mol. The van der Waals surface area contributed by atoms with Crippen molar-refractivity contribution in [2.75, 3.05) is 11.9 Å². The quantitative estimate of drug-likeness (QED) is 0.754. The summed E-state index contributed by atoms with van der Waals surface area (Å²) >= 11 is 0. The van der Waals surface area contributed by atoms with Crippen molar-refractivity contribution in [3.63, 3.8) is 0 Å². The molecule has 0 aliphatic carbocycles. The Morgan fingerprint density at radius 1 is 1.20 bits per heavy atom. The maximum absolute atomic E-state index is 5.57. The average molecular weight is 268 g/mol. The second kappa shape index (κ2) is 5.26. The highest BCUT2D eigenvalue weighted by atomic mass is 15.3. The zero-order valence-electron chi connectivity index (χ0n) is 11.2. The van der Waals surface area contributed by atoms with Gasteiger partial charge in [-0.3, -0.25) is 0 Å². The van der Waals surface area contributed by atoms with E-state index in [1.807, 2.05) is 12.1 Å². The van der Waals surface area contributed by atoms with Crippen LogP contribution in [-0.2, 0) is 6.54 Å². The highest BCUT2D eigenvalue weighted by molar-refractivity contribution is 5.88. The fourth-order valence-corrected chi connectivity index (χ4v) is 2.05. The molecule has 0 spiro atoms. The average Bonchev–Trinajstić information content (AvgIpc) is 2.86. The van der Waals surface area contributed by atoms with E-state index in [1.165, 1.54) is 11.9 Å². The number of hydrogen-bond acceptors (Lipinski definition) is 5. The molecule has 1 aromatic carbocycles. The Hall–Kier alpha value is -2.47. The van der Waals surface area contributed by atoms with Crippen LogP contribution in [0.5, 0.6) is 0 Å². The Balaban J connectivity index is 1.97. The Kier molecular flexibility index (Phi) is 3.30. The molecule has 102 valence electrons. The fraction of sp³-hybridized carbons (Fsp3) is 0.214. The van der Waals surface area contributed by atoms with Crippen LogP contribution in [0.25, 0.3) is 11.0 Å². The van der Waals surface area contributed by atoms with Gasteiger partial charge in [-0.2, -0.15) is 5.10 Å². The Morgan fingerprint density at radius 2 is 2.00 bits per heavy atom. The lowest BCUT2D eigenvalue weighted by molar-refractivity contribution is 0.640. The van der Waals surface area contributed by atoms with Gasteiger partial charge in [0.05, 0.1) is 18.1 Å². The van der Waals surface area contributed by atoms with Gasteiger partial charge in [-0.15, -0.1) is 0 Å². The van der Waals surface area contributed by atoms with Gasteiger partial charge in [0.15, 0.2) is 5.65 Å². The minimum Gasteiger partial charge on any atom is -0.340 e. The summed E-state index contributed by atoms with van der Waals surface area (Å²) in [6.45, 7) is 3.23. The van der Waals surface area contributed by atoms with Gasteiger partial charge in [0.1, 0.15) is 12.1 Å². The number of fused-ring (bicyclic) bond motifs is 1. The third kappa shape index (κ3) is 2.33. The molecular weight excluding hydrogens is 252 g/mol. The summed E-state index contributed by atoms with van der Waals surface area (Å²) in [6, 6.07) is 8.15. The minimum atomic E-state index is 0.529. The Morgan fingerprint density at radius 3 is 2.75 bits per heavy atom. The molecule has 0 radical (unpaired) electrons. The zero-order valence-corrected chi connectivity index (χ0v) is 11.2. The van der Waals surface area contributed by atoms with E-state index in [1.54, 1.807) is 10.9 Å². The van der Waals surface area contributed by atoms with E-state index in [0.29, 0.717) is 13.1 Å². The van der Waals surface area contributed by atoms with Crippen molar-refractivity contribution in [1.82, 2.24) is 19.7 Å². The number of hydrogen-bond donors (Lipinski definition) is 2. The summed E-state index contributed by atoms with van der Waals surface area (Å²) in [5, 5.41) is 8.48. The molecule has 0 saturated heterocycles. The first-order valence-corrected chi connectivity index (χ1v) is 6.48. The fourth-order valence-electron chi connectivity index (χ4n) is 2.05. The SMILES string of the molecule is Cc1ccc(Nc2ncnc3c2cnn3CCN)cc1. The number of aromatic nitrogens is 4. The van der Waals surface area contributed by atoms with Crippen LogP contribution in [0.15, 0.2) is 36.8 Å². The summed E-state index contributed by atoms with van der Waals surface area (Å²) in [4.78, 5) is 8.56. The van der Waals surface area contributed by atoms with Gasteiger partial charge in [0.25, 0.3) is 0 Å². The third-order valence-electron chi connectivity index (χ3n) is 3.09. The van der Waals surface area contributed by atoms with Crippen LogP contribution < -0.4 is 11.1 Å². The van der Waals surface area contributed by atoms with Gasteiger partial charge in [0, 0.05) is 12.2 Å². The third-order valence-corrected chi connectivity index (χ3v) is 3.09. The van der Waals surface area contributed by atoms with E-state index >= 15 is 0 Å². The van der Waals surface area contributed by atoms with Gasteiger partial charge in [-0.25, -0.2) is 14.6 Å². The summed E-state index contributed by atoms with van der Waals surface area (Å²) in [6.07, 6.45) is 3.30. The summed E-state index contributed by atoms with van der Waals surface area (Å²) in [5.41, 5.74) is 8.57. The van der Waals surface area contributed by atoms with E-state index in [9.17, 15) is 0 Å². The molecule has 3 rings (SSSR count). The lowest BCUT2D eigenvalue weighted by Gasteiger charge is -2.07. The van der Waals surface area contributed by atoms with Crippen molar-refractivity contribution >= 4 is 22.5 Å². The first kappa shape index (κ1) is 12.6. The maximum atomic E-state index is 5.57. The normalized spacial score (nSPS) is 10.9. The molecule has 0 bridgehead atoms. The highest BCUT2D eigenvalue weighted by Gasteiger charge is 2.09. The predicted molar refractivity (Wildman–Crippen MR) is 78.8 cm³/mol. The smallest absolute Gasteiger partial charge is 0.163 e. The maximum Gasteiger partial charge on any atom is 0.163 e. The standard InChI is InChI=1S/C14H16N6/c1-10-2-4-11(5-3-10)19-13-12-8-18-20(7-6-15)14(12)17-9-16-13/h2-5,8-9H,6-7,15H2,1H3,(H,16,17,19).